The highest BCUT2D eigenvalue weighted by atomic mass is 15.3. The summed E-state index contributed by atoms with van der Waals surface area (Å²) in [6.45, 7) is 2.13. The van der Waals surface area contributed by atoms with Crippen LogP contribution in [0.15, 0.2) is 12.3 Å². The topological polar surface area (TPSA) is 29.9 Å². The maximum atomic E-state index is 4.38. The number of nitrogens with one attached hydrogen (secondary N) is 1. The summed E-state index contributed by atoms with van der Waals surface area (Å²) < 4.78 is 1.87. The standard InChI is InChI=1S/C13H21N3/c1-16-7-6-12(15-16)8-14-9-13(10-2-3-10)11-4-5-11/h6-7,10-11,13-14H,2-5,8-9H2,1H3. The van der Waals surface area contributed by atoms with Crippen molar-refractivity contribution in [1.82, 2.24) is 15.1 Å². The van der Waals surface area contributed by atoms with Crippen LogP contribution in [0.5, 0.6) is 0 Å². The van der Waals surface area contributed by atoms with E-state index in [1.807, 2.05) is 17.9 Å². The molecule has 0 spiro atoms. The highest BCUT2D eigenvalue weighted by Gasteiger charge is 2.40. The van der Waals surface area contributed by atoms with E-state index in [9.17, 15) is 0 Å². The van der Waals surface area contributed by atoms with Gasteiger partial charge in [-0.15, -0.1) is 0 Å². The predicted molar refractivity (Wildman–Crippen MR) is 63.9 cm³/mol. The van der Waals surface area contributed by atoms with Crippen LogP contribution in [0.3, 0.4) is 0 Å². The van der Waals surface area contributed by atoms with Crippen molar-refractivity contribution in [3.8, 4) is 0 Å². The third kappa shape index (κ3) is 2.46. The fourth-order valence-corrected chi connectivity index (χ4v) is 2.69. The molecule has 88 valence electrons. The summed E-state index contributed by atoms with van der Waals surface area (Å²) in [5.74, 6) is 3.05. The first-order valence-electron chi connectivity index (χ1n) is 6.52. The minimum Gasteiger partial charge on any atom is -0.311 e. The molecule has 0 radical (unpaired) electrons. The number of hydrogen-bond donors (Lipinski definition) is 1. The lowest BCUT2D eigenvalue weighted by molar-refractivity contribution is 0.377. The van der Waals surface area contributed by atoms with Crippen molar-refractivity contribution >= 4 is 0 Å². The molecule has 2 aliphatic rings. The Bertz CT molecular complexity index is 338. The van der Waals surface area contributed by atoms with Crippen LogP contribution in [0.4, 0.5) is 0 Å². The van der Waals surface area contributed by atoms with Crippen molar-refractivity contribution in [3.05, 3.63) is 18.0 Å². The van der Waals surface area contributed by atoms with E-state index in [0.717, 1.165) is 30.0 Å². The molecule has 0 aromatic carbocycles. The summed E-state index contributed by atoms with van der Waals surface area (Å²) in [5.41, 5.74) is 1.16. The summed E-state index contributed by atoms with van der Waals surface area (Å²) in [4.78, 5) is 0. The van der Waals surface area contributed by atoms with E-state index in [0.29, 0.717) is 0 Å². The molecule has 1 N–H and O–H groups in total. The average molecular weight is 219 g/mol. The maximum absolute atomic E-state index is 4.38. The number of aryl methyl sites for hydroxylation is 1. The lowest BCUT2D eigenvalue weighted by atomic mass is 9.98. The van der Waals surface area contributed by atoms with Gasteiger partial charge in [0.25, 0.3) is 0 Å². The molecule has 0 bridgehead atoms. The van der Waals surface area contributed by atoms with Gasteiger partial charge in [-0.25, -0.2) is 0 Å². The fourth-order valence-electron chi connectivity index (χ4n) is 2.69. The zero-order valence-corrected chi connectivity index (χ0v) is 10.0. The number of nitrogens with zero attached hydrogens (tertiary/aromatic N) is 2. The molecular weight excluding hydrogens is 198 g/mol. The average Bonchev–Trinajstić information content (AvgIpc) is 3.15. The Morgan fingerprint density at radius 3 is 2.56 bits per heavy atom. The Labute approximate surface area is 97.2 Å². The van der Waals surface area contributed by atoms with Gasteiger partial charge in [-0.3, -0.25) is 4.68 Å². The molecule has 0 unspecified atom stereocenters. The summed E-state index contributed by atoms with van der Waals surface area (Å²) in [5, 5.41) is 7.96. The molecule has 1 heterocycles. The highest BCUT2D eigenvalue weighted by Crippen LogP contribution is 2.48. The second kappa shape index (κ2) is 4.21. The van der Waals surface area contributed by atoms with Crippen LogP contribution in [-0.2, 0) is 13.6 Å². The van der Waals surface area contributed by atoms with Crippen molar-refractivity contribution < 1.29 is 0 Å². The molecule has 2 fully saturated rings. The van der Waals surface area contributed by atoms with E-state index in [1.54, 1.807) is 0 Å². The second-order valence-corrected chi connectivity index (χ2v) is 5.45. The number of aromatic nitrogens is 2. The molecule has 0 amide bonds. The lowest BCUT2D eigenvalue weighted by Gasteiger charge is -2.15. The highest BCUT2D eigenvalue weighted by molar-refractivity contribution is 4.98. The lowest BCUT2D eigenvalue weighted by Crippen LogP contribution is -2.25. The van der Waals surface area contributed by atoms with Gasteiger partial charge in [0.15, 0.2) is 0 Å². The Hall–Kier alpha value is -0.830. The van der Waals surface area contributed by atoms with Crippen LogP contribution in [-0.4, -0.2) is 16.3 Å². The third-order valence-corrected chi connectivity index (χ3v) is 3.91. The Balaban J connectivity index is 1.44. The molecule has 2 saturated carbocycles. The smallest absolute Gasteiger partial charge is 0.0762 e. The van der Waals surface area contributed by atoms with Crippen molar-refractivity contribution in [2.45, 2.75) is 32.2 Å². The molecule has 3 rings (SSSR count). The summed E-state index contributed by atoms with van der Waals surface area (Å²) in [6, 6.07) is 2.09. The van der Waals surface area contributed by atoms with E-state index >= 15 is 0 Å². The van der Waals surface area contributed by atoms with E-state index in [4.69, 9.17) is 0 Å². The molecule has 0 aliphatic heterocycles. The van der Waals surface area contributed by atoms with Crippen molar-refractivity contribution in [2.75, 3.05) is 6.54 Å². The molecular formula is C13H21N3. The molecule has 3 nitrogen and oxygen atoms in total. The normalized spacial score (nSPS) is 20.6. The molecule has 0 saturated heterocycles. The maximum Gasteiger partial charge on any atom is 0.0762 e. The van der Waals surface area contributed by atoms with Gasteiger partial charge in [0.1, 0.15) is 0 Å². The van der Waals surface area contributed by atoms with Gasteiger partial charge in [-0.1, -0.05) is 0 Å². The number of hydrogen-bond acceptors (Lipinski definition) is 2. The van der Waals surface area contributed by atoms with Gasteiger partial charge in [-0.2, -0.15) is 5.10 Å². The SMILES string of the molecule is Cn1ccc(CNCC(C2CC2)C2CC2)n1. The number of rotatable bonds is 6. The van der Waals surface area contributed by atoms with Gasteiger partial charge in [0, 0.05) is 19.8 Å². The van der Waals surface area contributed by atoms with Crippen LogP contribution in [0, 0.1) is 17.8 Å². The van der Waals surface area contributed by atoms with E-state index < -0.39 is 0 Å². The first-order chi connectivity index (χ1) is 7.83. The molecule has 1 aromatic rings. The van der Waals surface area contributed by atoms with Crippen molar-refractivity contribution in [1.29, 1.82) is 0 Å². The Morgan fingerprint density at radius 2 is 2.06 bits per heavy atom. The molecule has 0 atom stereocenters. The van der Waals surface area contributed by atoms with Crippen LogP contribution in [0.2, 0.25) is 0 Å². The van der Waals surface area contributed by atoms with Crippen molar-refractivity contribution in [2.24, 2.45) is 24.8 Å². The van der Waals surface area contributed by atoms with E-state index in [2.05, 4.69) is 16.5 Å². The minimum atomic E-state index is 0.927. The zero-order chi connectivity index (χ0) is 11.0. The van der Waals surface area contributed by atoms with Crippen molar-refractivity contribution in [3.63, 3.8) is 0 Å². The summed E-state index contributed by atoms with van der Waals surface area (Å²) >= 11 is 0. The van der Waals surface area contributed by atoms with Crippen LogP contribution in [0.25, 0.3) is 0 Å². The zero-order valence-electron chi connectivity index (χ0n) is 10.0. The second-order valence-electron chi connectivity index (χ2n) is 5.45. The first kappa shape index (κ1) is 10.3. The molecule has 2 aliphatic carbocycles. The summed E-state index contributed by atoms with van der Waals surface area (Å²) in [6.07, 6.45) is 7.92. The van der Waals surface area contributed by atoms with Crippen LogP contribution < -0.4 is 5.32 Å². The van der Waals surface area contributed by atoms with Gasteiger partial charge in [0.2, 0.25) is 0 Å². The van der Waals surface area contributed by atoms with Gasteiger partial charge in [0.05, 0.1) is 5.69 Å². The first-order valence-corrected chi connectivity index (χ1v) is 6.52. The Kier molecular flexibility index (Phi) is 2.72. The van der Waals surface area contributed by atoms with E-state index in [-0.39, 0.29) is 0 Å². The van der Waals surface area contributed by atoms with E-state index in [1.165, 1.54) is 32.2 Å². The Morgan fingerprint density at radius 1 is 1.38 bits per heavy atom. The quantitative estimate of drug-likeness (QED) is 0.792. The van der Waals surface area contributed by atoms with Gasteiger partial charge < -0.3 is 5.32 Å². The van der Waals surface area contributed by atoms with Gasteiger partial charge >= 0.3 is 0 Å². The monoisotopic (exact) mass is 219 g/mol. The predicted octanol–water partition coefficient (Wildman–Crippen LogP) is 1.95. The summed E-state index contributed by atoms with van der Waals surface area (Å²) in [7, 11) is 1.97. The molecule has 3 heteroatoms. The molecule has 16 heavy (non-hydrogen) atoms. The molecule has 1 aromatic heterocycles. The fraction of sp³-hybridized carbons (Fsp3) is 0.769. The minimum absolute atomic E-state index is 0.927. The van der Waals surface area contributed by atoms with Gasteiger partial charge in [-0.05, 0) is 56.0 Å². The largest absolute Gasteiger partial charge is 0.311 e. The van der Waals surface area contributed by atoms with Crippen LogP contribution in [0.1, 0.15) is 31.4 Å². The third-order valence-electron chi connectivity index (χ3n) is 3.91. The van der Waals surface area contributed by atoms with Crippen LogP contribution >= 0.6 is 0 Å².